The van der Waals surface area contributed by atoms with Crippen molar-refractivity contribution >= 4 is 15.9 Å². The minimum Gasteiger partial charge on any atom is -0.238 e. The molecule has 3 heteroatoms. The molecule has 0 aliphatic heterocycles. The lowest BCUT2D eigenvalue weighted by Gasteiger charge is -1.99. The molecule has 0 aliphatic rings. The Bertz CT molecular complexity index is 226. The molecule has 0 fully saturated rings. The van der Waals surface area contributed by atoms with Gasteiger partial charge in [0.15, 0.2) is 0 Å². The smallest absolute Gasteiger partial charge is 0.129 e. The topological polar surface area (TPSA) is 25.8 Å². The molecular weight excluding hydrogens is 204 g/mol. The normalized spacial score (nSPS) is 10.1. The third kappa shape index (κ3) is 2.26. The molecule has 2 nitrogen and oxygen atoms in total. The average Bonchev–Trinajstić information content (AvgIpc) is 2.03. The molecule has 0 saturated heterocycles. The van der Waals surface area contributed by atoms with Gasteiger partial charge in [0.05, 0.1) is 0 Å². The molecule has 0 N–H and O–H groups in total. The van der Waals surface area contributed by atoms with E-state index in [0.29, 0.717) is 0 Å². The maximum Gasteiger partial charge on any atom is 0.129 e. The summed E-state index contributed by atoms with van der Waals surface area (Å²) in [5, 5.41) is 0. The third-order valence-corrected chi connectivity index (χ3v) is 1.88. The minimum absolute atomic E-state index is 0.890. The summed E-state index contributed by atoms with van der Waals surface area (Å²) in [5.41, 5.74) is 1.10. The second-order valence-electron chi connectivity index (χ2n) is 2.31. The van der Waals surface area contributed by atoms with E-state index in [1.807, 2.05) is 6.07 Å². The first-order valence-corrected chi connectivity index (χ1v) is 4.58. The highest BCUT2D eigenvalue weighted by molar-refractivity contribution is 9.10. The summed E-state index contributed by atoms with van der Waals surface area (Å²) in [6.07, 6.45) is 1.86. The SMILES string of the molecule is CCc1cc(Br)nc(CC)n1. The van der Waals surface area contributed by atoms with Crippen LogP contribution in [0.3, 0.4) is 0 Å². The summed E-state index contributed by atoms with van der Waals surface area (Å²) in [4.78, 5) is 8.54. The molecule has 0 amide bonds. The monoisotopic (exact) mass is 214 g/mol. The fourth-order valence-corrected chi connectivity index (χ4v) is 1.32. The van der Waals surface area contributed by atoms with Gasteiger partial charge in [-0.3, -0.25) is 0 Å². The lowest BCUT2D eigenvalue weighted by Crippen LogP contribution is -1.97. The van der Waals surface area contributed by atoms with Crippen LogP contribution < -0.4 is 0 Å². The summed E-state index contributed by atoms with van der Waals surface area (Å²) in [6.45, 7) is 4.15. The van der Waals surface area contributed by atoms with Crippen molar-refractivity contribution in [3.05, 3.63) is 22.2 Å². The Morgan fingerprint density at radius 1 is 1.27 bits per heavy atom. The summed E-state index contributed by atoms with van der Waals surface area (Å²) < 4.78 is 0.890. The predicted molar refractivity (Wildman–Crippen MR) is 48.5 cm³/mol. The highest BCUT2D eigenvalue weighted by atomic mass is 79.9. The second-order valence-corrected chi connectivity index (χ2v) is 3.12. The molecule has 0 unspecified atom stereocenters. The van der Waals surface area contributed by atoms with Gasteiger partial charge in [0.25, 0.3) is 0 Å². The summed E-state index contributed by atoms with van der Waals surface area (Å²) >= 11 is 3.34. The molecule has 1 aromatic rings. The fraction of sp³-hybridized carbons (Fsp3) is 0.500. The quantitative estimate of drug-likeness (QED) is 0.707. The second kappa shape index (κ2) is 3.81. The van der Waals surface area contributed by atoms with Gasteiger partial charge in [-0.1, -0.05) is 13.8 Å². The number of halogens is 1. The Morgan fingerprint density at radius 3 is 2.55 bits per heavy atom. The highest BCUT2D eigenvalue weighted by Crippen LogP contribution is 2.08. The first-order valence-electron chi connectivity index (χ1n) is 3.78. The maximum absolute atomic E-state index is 4.33. The summed E-state index contributed by atoms with van der Waals surface area (Å²) in [6, 6.07) is 1.96. The van der Waals surface area contributed by atoms with Gasteiger partial charge in [-0.2, -0.15) is 0 Å². The van der Waals surface area contributed by atoms with Crippen LogP contribution in [0.1, 0.15) is 25.4 Å². The van der Waals surface area contributed by atoms with Crippen molar-refractivity contribution in [1.82, 2.24) is 9.97 Å². The zero-order chi connectivity index (χ0) is 8.27. The van der Waals surface area contributed by atoms with Crippen LogP contribution in [0.2, 0.25) is 0 Å². The van der Waals surface area contributed by atoms with E-state index in [9.17, 15) is 0 Å². The van der Waals surface area contributed by atoms with E-state index in [1.165, 1.54) is 0 Å². The zero-order valence-corrected chi connectivity index (χ0v) is 8.35. The molecule has 1 rings (SSSR count). The predicted octanol–water partition coefficient (Wildman–Crippen LogP) is 2.36. The average molecular weight is 215 g/mol. The van der Waals surface area contributed by atoms with Gasteiger partial charge in [-0.15, -0.1) is 0 Å². The fourth-order valence-electron chi connectivity index (χ4n) is 0.855. The molecule has 0 saturated carbocycles. The van der Waals surface area contributed by atoms with Crippen molar-refractivity contribution in [2.75, 3.05) is 0 Å². The van der Waals surface area contributed by atoms with Crippen molar-refractivity contribution in [3.63, 3.8) is 0 Å². The van der Waals surface area contributed by atoms with Crippen LogP contribution in [0.15, 0.2) is 10.7 Å². The summed E-state index contributed by atoms with van der Waals surface area (Å²) in [7, 11) is 0. The Hall–Kier alpha value is -0.440. The Kier molecular flexibility index (Phi) is 3.00. The first-order chi connectivity index (χ1) is 5.26. The molecule has 0 aliphatic carbocycles. The summed E-state index contributed by atoms with van der Waals surface area (Å²) in [5.74, 6) is 0.913. The third-order valence-electron chi connectivity index (χ3n) is 1.47. The van der Waals surface area contributed by atoms with E-state index in [-0.39, 0.29) is 0 Å². The van der Waals surface area contributed by atoms with Gasteiger partial charge in [0.2, 0.25) is 0 Å². The van der Waals surface area contributed by atoms with Gasteiger partial charge in [0.1, 0.15) is 10.4 Å². The van der Waals surface area contributed by atoms with Crippen LogP contribution >= 0.6 is 15.9 Å². The number of hydrogen-bond acceptors (Lipinski definition) is 2. The van der Waals surface area contributed by atoms with Crippen LogP contribution in [-0.4, -0.2) is 9.97 Å². The van der Waals surface area contributed by atoms with Crippen molar-refractivity contribution in [2.24, 2.45) is 0 Å². The molecule has 0 radical (unpaired) electrons. The highest BCUT2D eigenvalue weighted by Gasteiger charge is 1.98. The lowest BCUT2D eigenvalue weighted by molar-refractivity contribution is 0.877. The Labute approximate surface area is 75.2 Å². The molecular formula is C8H11BrN2. The van der Waals surface area contributed by atoms with Crippen LogP contribution in [0.5, 0.6) is 0 Å². The van der Waals surface area contributed by atoms with Crippen molar-refractivity contribution < 1.29 is 0 Å². The number of hydrogen-bond donors (Lipinski definition) is 0. The largest absolute Gasteiger partial charge is 0.238 e. The minimum atomic E-state index is 0.890. The number of nitrogens with zero attached hydrogens (tertiary/aromatic N) is 2. The van der Waals surface area contributed by atoms with E-state index in [1.54, 1.807) is 0 Å². The van der Waals surface area contributed by atoms with Gasteiger partial charge in [-0.05, 0) is 28.4 Å². The van der Waals surface area contributed by atoms with E-state index >= 15 is 0 Å². The van der Waals surface area contributed by atoms with Gasteiger partial charge < -0.3 is 0 Å². The molecule has 1 aromatic heterocycles. The van der Waals surface area contributed by atoms with E-state index in [4.69, 9.17) is 0 Å². The Morgan fingerprint density at radius 2 is 2.00 bits per heavy atom. The molecule has 0 atom stereocenters. The lowest BCUT2D eigenvalue weighted by atomic mass is 10.3. The van der Waals surface area contributed by atoms with Crippen LogP contribution in [0.4, 0.5) is 0 Å². The number of rotatable bonds is 2. The molecule has 60 valence electrons. The first kappa shape index (κ1) is 8.65. The van der Waals surface area contributed by atoms with Gasteiger partial charge >= 0.3 is 0 Å². The van der Waals surface area contributed by atoms with Gasteiger partial charge in [-0.25, -0.2) is 9.97 Å². The molecule has 11 heavy (non-hydrogen) atoms. The van der Waals surface area contributed by atoms with Crippen molar-refractivity contribution in [1.29, 1.82) is 0 Å². The zero-order valence-electron chi connectivity index (χ0n) is 6.76. The maximum atomic E-state index is 4.33. The van der Waals surface area contributed by atoms with E-state index in [2.05, 4.69) is 39.7 Å². The van der Waals surface area contributed by atoms with Crippen LogP contribution in [-0.2, 0) is 12.8 Å². The molecule has 0 bridgehead atoms. The van der Waals surface area contributed by atoms with Crippen molar-refractivity contribution in [2.45, 2.75) is 26.7 Å². The van der Waals surface area contributed by atoms with E-state index < -0.39 is 0 Å². The molecule has 1 heterocycles. The number of aromatic nitrogens is 2. The number of aryl methyl sites for hydroxylation is 2. The van der Waals surface area contributed by atoms with Crippen LogP contribution in [0.25, 0.3) is 0 Å². The molecule has 0 aromatic carbocycles. The van der Waals surface area contributed by atoms with Crippen molar-refractivity contribution in [3.8, 4) is 0 Å². The molecule has 0 spiro atoms. The Balaban J connectivity index is 3.02. The van der Waals surface area contributed by atoms with E-state index in [0.717, 1.165) is 29.0 Å². The standard InChI is InChI=1S/C8H11BrN2/c1-3-6-5-7(9)11-8(4-2)10-6/h5H,3-4H2,1-2H3. The van der Waals surface area contributed by atoms with Gasteiger partial charge in [0, 0.05) is 12.1 Å². The van der Waals surface area contributed by atoms with Crippen LogP contribution in [0, 0.1) is 0 Å².